The van der Waals surface area contributed by atoms with Gasteiger partial charge >= 0.3 is 0 Å². The number of benzene rings is 2. The third-order valence-corrected chi connectivity index (χ3v) is 4.12. The maximum absolute atomic E-state index is 12.6. The summed E-state index contributed by atoms with van der Waals surface area (Å²) in [5, 5.41) is 2.86. The Morgan fingerprint density at radius 1 is 1.32 bits per heavy atom. The van der Waals surface area contributed by atoms with Crippen molar-refractivity contribution in [1.82, 2.24) is 4.98 Å². The van der Waals surface area contributed by atoms with Gasteiger partial charge in [-0.25, -0.2) is 4.98 Å². The number of anilines is 1. The van der Waals surface area contributed by atoms with Gasteiger partial charge in [0.25, 0.3) is 5.91 Å². The Labute approximate surface area is 153 Å². The number of methoxy groups -OCH3 is 1. The number of carbonyl (C=O) groups excluding carboxylic acids is 1. The standard InChI is InChI=1S/C18H17BrN2O4/c1-4-24-16-8-11(7-13(19)17(16)23-3)18(22)21-12-5-6-15-14(9-12)20-10(2)25-15/h5-9H,4H2,1-3H3,(H,21,22). The van der Waals surface area contributed by atoms with E-state index in [1.54, 1.807) is 44.4 Å². The third kappa shape index (κ3) is 3.61. The summed E-state index contributed by atoms with van der Waals surface area (Å²) in [5.41, 5.74) is 2.46. The maximum atomic E-state index is 12.6. The molecule has 0 saturated heterocycles. The van der Waals surface area contributed by atoms with Crippen LogP contribution in [0.25, 0.3) is 11.1 Å². The molecule has 2 aromatic carbocycles. The van der Waals surface area contributed by atoms with Gasteiger partial charge in [0.05, 0.1) is 18.2 Å². The summed E-state index contributed by atoms with van der Waals surface area (Å²) in [6, 6.07) is 8.66. The molecule has 0 aliphatic heterocycles. The van der Waals surface area contributed by atoms with Crippen LogP contribution in [0.1, 0.15) is 23.2 Å². The summed E-state index contributed by atoms with van der Waals surface area (Å²) in [4.78, 5) is 16.9. The van der Waals surface area contributed by atoms with E-state index in [2.05, 4.69) is 26.2 Å². The number of hydrogen-bond donors (Lipinski definition) is 1. The number of nitrogens with zero attached hydrogens (tertiary/aromatic N) is 1. The molecule has 0 aliphatic carbocycles. The Morgan fingerprint density at radius 2 is 2.12 bits per heavy atom. The summed E-state index contributed by atoms with van der Waals surface area (Å²) < 4.78 is 16.9. The smallest absolute Gasteiger partial charge is 0.255 e. The van der Waals surface area contributed by atoms with E-state index >= 15 is 0 Å². The number of rotatable bonds is 5. The molecule has 3 aromatic rings. The summed E-state index contributed by atoms with van der Waals surface area (Å²) >= 11 is 3.41. The number of aromatic nitrogens is 1. The Morgan fingerprint density at radius 3 is 2.84 bits per heavy atom. The topological polar surface area (TPSA) is 73.6 Å². The fourth-order valence-corrected chi connectivity index (χ4v) is 3.09. The number of hydrogen-bond acceptors (Lipinski definition) is 5. The number of oxazole rings is 1. The van der Waals surface area contributed by atoms with E-state index in [9.17, 15) is 4.79 Å². The normalized spacial score (nSPS) is 10.7. The van der Waals surface area contributed by atoms with Crippen molar-refractivity contribution in [2.75, 3.05) is 19.0 Å². The molecule has 7 heteroatoms. The second kappa shape index (κ2) is 7.14. The van der Waals surface area contributed by atoms with Gasteiger partial charge in [-0.1, -0.05) is 0 Å². The molecule has 3 rings (SSSR count). The quantitative estimate of drug-likeness (QED) is 0.674. The van der Waals surface area contributed by atoms with Crippen LogP contribution >= 0.6 is 15.9 Å². The molecule has 0 spiro atoms. The highest BCUT2D eigenvalue weighted by atomic mass is 79.9. The molecule has 6 nitrogen and oxygen atoms in total. The van der Waals surface area contributed by atoms with E-state index in [0.717, 1.165) is 0 Å². The van der Waals surface area contributed by atoms with Gasteiger partial charge in [-0.15, -0.1) is 0 Å². The number of ether oxygens (including phenoxy) is 2. The first-order valence-corrected chi connectivity index (χ1v) is 8.50. The van der Waals surface area contributed by atoms with Crippen LogP contribution in [0.5, 0.6) is 11.5 Å². The van der Waals surface area contributed by atoms with Crippen LogP contribution in [0.2, 0.25) is 0 Å². The van der Waals surface area contributed by atoms with Crippen molar-refractivity contribution in [1.29, 1.82) is 0 Å². The van der Waals surface area contributed by atoms with Crippen molar-refractivity contribution >= 4 is 38.6 Å². The van der Waals surface area contributed by atoms with Crippen LogP contribution in [-0.4, -0.2) is 24.6 Å². The van der Waals surface area contributed by atoms with Crippen LogP contribution in [0.3, 0.4) is 0 Å². The largest absolute Gasteiger partial charge is 0.492 e. The van der Waals surface area contributed by atoms with E-state index in [-0.39, 0.29) is 5.91 Å². The summed E-state index contributed by atoms with van der Waals surface area (Å²) in [6.45, 7) is 4.12. The highest BCUT2D eigenvalue weighted by molar-refractivity contribution is 9.10. The average Bonchev–Trinajstić information content (AvgIpc) is 2.94. The van der Waals surface area contributed by atoms with Gasteiger partial charge in [-0.2, -0.15) is 0 Å². The minimum atomic E-state index is -0.260. The van der Waals surface area contributed by atoms with Gasteiger partial charge in [0, 0.05) is 18.2 Å². The van der Waals surface area contributed by atoms with Gasteiger partial charge in [-0.3, -0.25) is 4.79 Å². The molecule has 0 saturated carbocycles. The summed E-state index contributed by atoms with van der Waals surface area (Å²) in [5.74, 6) is 1.38. The van der Waals surface area contributed by atoms with Crippen molar-refractivity contribution < 1.29 is 18.7 Å². The molecule has 0 radical (unpaired) electrons. The number of fused-ring (bicyclic) bond motifs is 1. The molecule has 25 heavy (non-hydrogen) atoms. The van der Waals surface area contributed by atoms with E-state index in [4.69, 9.17) is 13.9 Å². The lowest BCUT2D eigenvalue weighted by Gasteiger charge is -2.13. The lowest BCUT2D eigenvalue weighted by atomic mass is 10.1. The Balaban J connectivity index is 1.88. The monoisotopic (exact) mass is 404 g/mol. The average molecular weight is 405 g/mol. The minimum Gasteiger partial charge on any atom is -0.492 e. The second-order valence-electron chi connectivity index (χ2n) is 5.29. The zero-order chi connectivity index (χ0) is 18.0. The predicted octanol–water partition coefficient (Wildman–Crippen LogP) is 4.56. The first-order chi connectivity index (χ1) is 12.0. The molecule has 0 aliphatic rings. The molecular formula is C18H17BrN2O4. The Bertz CT molecular complexity index is 936. The molecule has 0 atom stereocenters. The summed E-state index contributed by atoms with van der Waals surface area (Å²) in [6.07, 6.45) is 0. The van der Waals surface area contributed by atoms with Crippen LogP contribution in [0.4, 0.5) is 5.69 Å². The molecule has 1 N–H and O–H groups in total. The highest BCUT2D eigenvalue weighted by Gasteiger charge is 2.16. The predicted molar refractivity (Wildman–Crippen MR) is 98.6 cm³/mol. The van der Waals surface area contributed by atoms with Gasteiger partial charge < -0.3 is 19.2 Å². The van der Waals surface area contributed by atoms with Crippen molar-refractivity contribution in [3.63, 3.8) is 0 Å². The molecule has 1 aromatic heterocycles. The number of carbonyl (C=O) groups is 1. The molecular weight excluding hydrogens is 388 g/mol. The van der Waals surface area contributed by atoms with Crippen LogP contribution in [0, 0.1) is 6.92 Å². The maximum Gasteiger partial charge on any atom is 0.255 e. The molecule has 0 bridgehead atoms. The van der Waals surface area contributed by atoms with Gasteiger partial charge in [0.1, 0.15) is 5.52 Å². The van der Waals surface area contributed by atoms with Crippen molar-refractivity contribution in [3.8, 4) is 11.5 Å². The van der Waals surface area contributed by atoms with Crippen molar-refractivity contribution in [2.45, 2.75) is 13.8 Å². The summed E-state index contributed by atoms with van der Waals surface area (Å²) in [7, 11) is 1.55. The van der Waals surface area contributed by atoms with Crippen LogP contribution < -0.4 is 14.8 Å². The van der Waals surface area contributed by atoms with Crippen LogP contribution in [-0.2, 0) is 0 Å². The van der Waals surface area contributed by atoms with Crippen LogP contribution in [0.15, 0.2) is 39.2 Å². The zero-order valence-corrected chi connectivity index (χ0v) is 15.6. The van der Waals surface area contributed by atoms with Gasteiger partial charge in [0.15, 0.2) is 23.0 Å². The van der Waals surface area contributed by atoms with E-state index < -0.39 is 0 Å². The number of nitrogens with one attached hydrogen (secondary N) is 1. The Kier molecular flexibility index (Phi) is 4.94. The minimum absolute atomic E-state index is 0.260. The van der Waals surface area contributed by atoms with Gasteiger partial charge in [-0.05, 0) is 53.2 Å². The molecule has 0 unspecified atom stereocenters. The van der Waals surface area contributed by atoms with Crippen molar-refractivity contribution in [2.24, 2.45) is 0 Å². The lowest BCUT2D eigenvalue weighted by Crippen LogP contribution is -2.12. The SMILES string of the molecule is CCOc1cc(C(=O)Nc2ccc3oc(C)nc3c2)cc(Br)c1OC. The third-order valence-electron chi connectivity index (χ3n) is 3.53. The fourth-order valence-electron chi connectivity index (χ4n) is 2.48. The Hall–Kier alpha value is -2.54. The molecule has 130 valence electrons. The highest BCUT2D eigenvalue weighted by Crippen LogP contribution is 2.36. The van der Waals surface area contributed by atoms with Gasteiger partial charge in [0.2, 0.25) is 0 Å². The molecule has 1 amide bonds. The zero-order valence-electron chi connectivity index (χ0n) is 14.1. The van der Waals surface area contributed by atoms with E-state index in [1.165, 1.54) is 0 Å². The van der Waals surface area contributed by atoms with Crippen molar-refractivity contribution in [3.05, 3.63) is 46.3 Å². The number of aryl methyl sites for hydroxylation is 1. The molecule has 1 heterocycles. The van der Waals surface area contributed by atoms with E-state index in [1.807, 2.05) is 6.92 Å². The lowest BCUT2D eigenvalue weighted by molar-refractivity contribution is 0.102. The first kappa shape index (κ1) is 17.3. The second-order valence-corrected chi connectivity index (χ2v) is 6.15. The first-order valence-electron chi connectivity index (χ1n) is 7.70. The molecule has 0 fully saturated rings. The fraction of sp³-hybridized carbons (Fsp3) is 0.222. The number of amides is 1. The number of halogens is 1. The van der Waals surface area contributed by atoms with E-state index in [0.29, 0.717) is 50.8 Å².